The van der Waals surface area contributed by atoms with Crippen molar-refractivity contribution in [2.75, 3.05) is 77.8 Å². The smallest absolute Gasteiger partial charge is 0.377 e. The first-order chi connectivity index (χ1) is 55.4. The number of nitrogens with one attached hydrogen (secondary N) is 6. The van der Waals surface area contributed by atoms with Crippen molar-refractivity contribution in [3.63, 3.8) is 0 Å². The molecule has 0 aliphatic heterocycles. The average Bonchev–Trinajstić information content (AvgIpc) is 0.785. The molecule has 10 aromatic rings. The molecule has 588 valence electrons. The Morgan fingerprint density at radius 3 is 0.717 bits per heavy atom. The first-order valence-electron chi connectivity index (χ1n) is 39.3. The minimum absolute atomic E-state index is 0.0394. The third-order valence-electron chi connectivity index (χ3n) is 19.4. The monoisotopic (exact) mass is 1610 g/mol. The van der Waals surface area contributed by atoms with E-state index in [2.05, 4.69) is 267 Å². The van der Waals surface area contributed by atoms with Gasteiger partial charge in [0.25, 0.3) is 0 Å². The highest BCUT2D eigenvalue weighted by molar-refractivity contribution is 7.82. The summed E-state index contributed by atoms with van der Waals surface area (Å²) in [6, 6.07) is 98.1. The van der Waals surface area contributed by atoms with Gasteiger partial charge in [0.15, 0.2) is 0 Å². The summed E-state index contributed by atoms with van der Waals surface area (Å²) in [6.07, 6.45) is 8.07. The highest BCUT2D eigenvalue weighted by atomic mass is 31.1. The summed E-state index contributed by atoms with van der Waals surface area (Å²) < 4.78 is 17.0. The van der Waals surface area contributed by atoms with Crippen LogP contribution < -0.4 is 95.6 Å². The molecule has 0 aliphatic carbocycles. The summed E-state index contributed by atoms with van der Waals surface area (Å²) in [5.41, 5.74) is 1.41. The molecule has 0 bridgehead atoms. The molecule has 21 heteroatoms. The largest absolute Gasteiger partial charge is 0.500 e. The third-order valence-corrected chi connectivity index (χ3v) is 31.8. The number of nitrogens with zero attached hydrogens (tertiary/aromatic N) is 1. The Kier molecular flexibility index (Phi) is 36.2. The predicted octanol–water partition coefficient (Wildman–Crippen LogP) is 11.8. The molecule has 113 heavy (non-hydrogen) atoms. The van der Waals surface area contributed by atoms with Gasteiger partial charge in [-0.1, -0.05) is 268 Å². The van der Waals surface area contributed by atoms with E-state index in [0.717, 1.165) is 72.6 Å². The van der Waals surface area contributed by atoms with Gasteiger partial charge in [-0.2, -0.15) is 0 Å². The topological polar surface area (TPSA) is 206 Å². The van der Waals surface area contributed by atoms with E-state index in [1.807, 2.05) is 48.5 Å². The zero-order valence-corrected chi connectivity index (χ0v) is 69.8. The number of benzene rings is 10. The minimum Gasteiger partial charge on any atom is -0.377 e. The lowest BCUT2D eigenvalue weighted by molar-refractivity contribution is -0.124. The van der Waals surface area contributed by atoms with Gasteiger partial charge in [0.2, 0.25) is 35.4 Å². The van der Waals surface area contributed by atoms with Gasteiger partial charge in [-0.05, 0) is 170 Å². The van der Waals surface area contributed by atoms with Crippen molar-refractivity contribution in [2.45, 2.75) is 102 Å². The quantitative estimate of drug-likeness (QED) is 0.0121. The normalized spacial score (nSPS) is 11.4. The van der Waals surface area contributed by atoms with Crippen molar-refractivity contribution in [3.05, 3.63) is 279 Å². The number of hydrogen-bond acceptors (Lipinski definition) is 10. The van der Waals surface area contributed by atoms with Crippen LogP contribution in [0.25, 0.3) is 0 Å². The molecule has 0 unspecified atom stereocenters. The van der Waals surface area contributed by atoms with Gasteiger partial charge in [-0.25, -0.2) is 0 Å². The fraction of sp³-hybridized carbons (Fsp3) is 0.283. The zero-order chi connectivity index (χ0) is 79.1. The maximum atomic E-state index is 13.8. The highest BCUT2D eigenvalue weighted by Crippen LogP contribution is 2.40. The van der Waals surface area contributed by atoms with Gasteiger partial charge in [-0.3, -0.25) is 28.8 Å². The fourth-order valence-electron chi connectivity index (χ4n) is 13.6. The van der Waals surface area contributed by atoms with E-state index in [-0.39, 0.29) is 74.0 Å². The lowest BCUT2D eigenvalue weighted by Gasteiger charge is -2.26. The Morgan fingerprint density at radius 2 is 0.487 bits per heavy atom. The van der Waals surface area contributed by atoms with Crippen molar-refractivity contribution >= 4 is 151 Å². The predicted molar refractivity (Wildman–Crippen MR) is 474 cm³/mol. The molecule has 0 radical (unpaired) electrons. The van der Waals surface area contributed by atoms with Crippen LogP contribution in [0.2, 0.25) is 6.04 Å². The van der Waals surface area contributed by atoms with Gasteiger partial charge in [0.1, 0.15) is 0 Å². The van der Waals surface area contributed by atoms with E-state index < -0.39 is 40.5 Å². The number of carbonyl (C=O) groups excluding carboxylic acids is 6. The van der Waals surface area contributed by atoms with Crippen molar-refractivity contribution in [3.8, 4) is 0 Å². The van der Waals surface area contributed by atoms with Crippen LogP contribution in [-0.4, -0.2) is 116 Å². The van der Waals surface area contributed by atoms with Crippen molar-refractivity contribution < 1.29 is 42.0 Å². The summed E-state index contributed by atoms with van der Waals surface area (Å²) in [7, 11) is -2.01. The van der Waals surface area contributed by atoms with Crippen molar-refractivity contribution in [1.82, 2.24) is 26.2 Å². The van der Waals surface area contributed by atoms with E-state index in [1.165, 1.54) is 42.4 Å². The van der Waals surface area contributed by atoms with E-state index >= 15 is 0 Å². The molecule has 0 saturated carbocycles. The molecule has 0 atom stereocenters. The van der Waals surface area contributed by atoms with Crippen molar-refractivity contribution in [1.29, 1.82) is 0 Å². The number of hydrogen-bond donors (Lipinski definition) is 6. The SMILES string of the molecule is CO[Si](CCCN(CCC(=O)NCCCCCCNC(=O)CCC(=O)Nc1cc(P(c2ccccc2)c2ccccc2)cc(P(c2ccccc2)c2ccccc2)c1)CCC(=O)NCCCCCCNC(=O)CCC(=O)Nc1cc(P(c2ccccc2)c2ccccc2)cc(P(c2ccccc2)c2ccccc2)c1)(OC)OC. The second-order valence-corrected chi connectivity index (χ2v) is 39.5. The van der Waals surface area contributed by atoms with Gasteiger partial charge >= 0.3 is 8.80 Å². The number of rotatable bonds is 47. The second kappa shape index (κ2) is 47.5. The van der Waals surface area contributed by atoms with Gasteiger partial charge in [0.05, 0.1) is 0 Å². The molecule has 0 aromatic heterocycles. The molecule has 0 fully saturated rings. The maximum absolute atomic E-state index is 13.8. The van der Waals surface area contributed by atoms with Gasteiger partial charge < -0.3 is 50.1 Å². The summed E-state index contributed by atoms with van der Waals surface area (Å²) in [6.45, 7) is 3.63. The maximum Gasteiger partial charge on any atom is 0.500 e. The van der Waals surface area contributed by atoms with Gasteiger partial charge in [-0.15, -0.1) is 0 Å². The zero-order valence-electron chi connectivity index (χ0n) is 65.2. The third kappa shape index (κ3) is 28.1. The van der Waals surface area contributed by atoms with Crippen LogP contribution >= 0.6 is 31.7 Å². The van der Waals surface area contributed by atoms with Crippen LogP contribution in [0.5, 0.6) is 0 Å². The first-order valence-corrected chi connectivity index (χ1v) is 46.6. The van der Waals surface area contributed by atoms with E-state index in [0.29, 0.717) is 69.7 Å². The Hall–Kier alpha value is -9.20. The lowest BCUT2D eigenvalue weighted by atomic mass is 10.2. The van der Waals surface area contributed by atoms with E-state index in [4.69, 9.17) is 13.3 Å². The molecular weight excluding hydrogens is 1500 g/mol. The number of unbranched alkanes of at least 4 members (excludes halogenated alkanes) is 6. The fourth-order valence-corrected chi connectivity index (χ4v) is 25.0. The molecule has 10 aromatic carbocycles. The summed E-state index contributed by atoms with van der Waals surface area (Å²) in [5.74, 6) is -0.914. The van der Waals surface area contributed by atoms with Crippen LogP contribution in [0.4, 0.5) is 11.4 Å². The Balaban J connectivity index is 0.609. The molecule has 0 aliphatic rings. The molecule has 0 spiro atoms. The Morgan fingerprint density at radius 1 is 0.265 bits per heavy atom. The van der Waals surface area contributed by atoms with Crippen LogP contribution in [0.1, 0.15) is 96.3 Å². The molecule has 6 N–H and O–H groups in total. The molecule has 0 heterocycles. The van der Waals surface area contributed by atoms with Crippen LogP contribution in [0, 0.1) is 0 Å². The van der Waals surface area contributed by atoms with Crippen LogP contribution in [0.3, 0.4) is 0 Å². The molecule has 0 saturated heterocycles. The summed E-state index contributed by atoms with van der Waals surface area (Å²) >= 11 is 0. The average molecular weight is 1610 g/mol. The van der Waals surface area contributed by atoms with Gasteiger partial charge in [0, 0.05) is 117 Å². The second-order valence-electron chi connectivity index (χ2n) is 27.6. The summed E-state index contributed by atoms with van der Waals surface area (Å²) in [4.78, 5) is 82.3. The standard InChI is InChI=1S/C92H107N7O9P4Si/c1-106-113(107-2,108-3)66-36-63-99(64-57-89(102)95-61-34-6-4-32-59-93-87(100)53-55-91(104)97-73-67-83(109(75-37-16-8-17-38-75)76-39-18-9-19-40-76)71-84(68-73)110(77-41-20-10-21-42-77)78-43-22-11-23-44-78)65-58-90(103)96-62-35-7-5-33-60-94-88(101)54-56-92(105)98-74-69-85(111(79-45-24-12-25-46-79)80-47-26-13-27-48-80)72-86(70-74)112(81-49-28-14-29-50-81)82-51-30-15-31-52-82/h8-31,37-52,67-72H,4-7,32-36,53-66H2,1-3H3,(H,93,100)(H,94,101)(H,95,102)(H,96,103)(H,97,104)(H,98,105). The number of anilines is 2. The van der Waals surface area contributed by atoms with E-state index in [9.17, 15) is 28.8 Å². The van der Waals surface area contributed by atoms with Crippen molar-refractivity contribution in [2.24, 2.45) is 0 Å². The van der Waals surface area contributed by atoms with Crippen LogP contribution in [0.15, 0.2) is 279 Å². The lowest BCUT2D eigenvalue weighted by Crippen LogP contribution is -2.43. The Labute approximate surface area is 674 Å². The van der Waals surface area contributed by atoms with Crippen LogP contribution in [-0.2, 0) is 42.0 Å². The molecule has 16 nitrogen and oxygen atoms in total. The number of carbonyl (C=O) groups is 6. The minimum atomic E-state index is -2.83. The Bertz CT molecular complexity index is 3890. The number of amides is 6. The highest BCUT2D eigenvalue weighted by Gasteiger charge is 2.37. The molecule has 10 rings (SSSR count). The first kappa shape index (κ1) is 86.2. The summed E-state index contributed by atoms with van der Waals surface area (Å²) in [5, 5.41) is 32.7. The molecular formula is C92H107N7O9P4Si. The van der Waals surface area contributed by atoms with E-state index in [1.54, 1.807) is 21.3 Å². The molecule has 6 amide bonds.